The average molecular weight is 588 g/mol. The summed E-state index contributed by atoms with van der Waals surface area (Å²) in [5.74, 6) is 0.688. The molecule has 0 amide bonds. The highest BCUT2D eigenvalue weighted by Crippen LogP contribution is 2.47. The number of fused-ring (bicyclic) bond motifs is 12. The summed E-state index contributed by atoms with van der Waals surface area (Å²) in [4.78, 5) is 10.3. The van der Waals surface area contributed by atoms with Gasteiger partial charge in [-0.2, -0.15) is 0 Å². The van der Waals surface area contributed by atoms with Crippen LogP contribution in [-0.2, 0) is 0 Å². The molecule has 0 aliphatic rings. The molecule has 10 aromatic rings. The smallest absolute Gasteiger partial charge is 0.160 e. The third-order valence-corrected chi connectivity index (χ3v) is 9.22. The molecule has 0 fully saturated rings. The highest BCUT2D eigenvalue weighted by molar-refractivity contribution is 6.36. The maximum Gasteiger partial charge on any atom is 0.160 e. The number of rotatable bonds is 3. The number of para-hydroxylation sites is 1. The second-order valence-electron chi connectivity index (χ2n) is 11.7. The van der Waals surface area contributed by atoms with E-state index in [1.54, 1.807) is 0 Å². The summed E-state index contributed by atoms with van der Waals surface area (Å²) in [5.41, 5.74) is 7.62. The number of hydrogen-bond acceptors (Lipinski definition) is 3. The summed E-state index contributed by atoms with van der Waals surface area (Å²) in [7, 11) is 0. The second kappa shape index (κ2) is 9.62. The van der Waals surface area contributed by atoms with E-state index in [9.17, 15) is 0 Å². The van der Waals surface area contributed by atoms with Gasteiger partial charge in [0.1, 0.15) is 5.58 Å². The molecule has 0 radical (unpaired) electrons. The van der Waals surface area contributed by atoms with Crippen molar-refractivity contribution in [1.82, 2.24) is 14.5 Å². The van der Waals surface area contributed by atoms with Crippen molar-refractivity contribution in [1.29, 1.82) is 0 Å². The number of aromatic nitrogens is 3. The Balaban J connectivity index is 1.48. The lowest BCUT2D eigenvalue weighted by Gasteiger charge is -2.15. The van der Waals surface area contributed by atoms with Gasteiger partial charge in [-0.3, -0.25) is 0 Å². The van der Waals surface area contributed by atoms with Crippen molar-refractivity contribution in [3.05, 3.63) is 152 Å². The van der Waals surface area contributed by atoms with Gasteiger partial charge in [0.15, 0.2) is 11.4 Å². The molecule has 0 aliphatic carbocycles. The Hall–Kier alpha value is -6.26. The van der Waals surface area contributed by atoms with Crippen molar-refractivity contribution in [3.8, 4) is 28.3 Å². The Morgan fingerprint density at radius 1 is 0.478 bits per heavy atom. The van der Waals surface area contributed by atoms with Crippen LogP contribution in [0, 0.1) is 0 Å². The standard InChI is InChI=1S/C42H25N3O/c1-3-14-27(15-4-1)38-34(25-43-42(44-38)28-16-5-2-6-17-28)45-39-29-18-8-7-13-26(29)23-24-33(39)36-30-19-9-10-20-31(30)37-32-21-11-12-22-35(32)46-41(37)40(36)45/h1-25H. The van der Waals surface area contributed by atoms with E-state index in [4.69, 9.17) is 14.4 Å². The summed E-state index contributed by atoms with van der Waals surface area (Å²) in [5, 5.41) is 9.27. The third-order valence-electron chi connectivity index (χ3n) is 9.22. The van der Waals surface area contributed by atoms with Gasteiger partial charge in [0.05, 0.1) is 28.6 Å². The fourth-order valence-electron chi connectivity index (χ4n) is 7.25. The Labute approximate surface area is 263 Å². The SMILES string of the molecule is c1ccc(-c2ncc(-n3c4c5ccccc5ccc4c4c5ccccc5c5c6ccccc6oc5c43)c(-c3ccccc3)n2)cc1. The van der Waals surface area contributed by atoms with Crippen molar-refractivity contribution in [2.45, 2.75) is 0 Å². The van der Waals surface area contributed by atoms with Crippen LogP contribution < -0.4 is 0 Å². The van der Waals surface area contributed by atoms with Gasteiger partial charge in [-0.1, -0.05) is 140 Å². The zero-order valence-electron chi connectivity index (χ0n) is 24.7. The van der Waals surface area contributed by atoms with E-state index in [1.165, 1.54) is 21.5 Å². The van der Waals surface area contributed by atoms with Crippen LogP contribution >= 0.6 is 0 Å². The Kier molecular flexibility index (Phi) is 5.25. The summed E-state index contributed by atoms with van der Waals surface area (Å²) in [6.07, 6.45) is 1.99. The molecule has 46 heavy (non-hydrogen) atoms. The monoisotopic (exact) mass is 587 g/mol. The molecule has 4 nitrogen and oxygen atoms in total. The largest absolute Gasteiger partial charge is 0.454 e. The zero-order chi connectivity index (χ0) is 30.2. The average Bonchev–Trinajstić information content (AvgIpc) is 3.69. The van der Waals surface area contributed by atoms with Gasteiger partial charge >= 0.3 is 0 Å². The van der Waals surface area contributed by atoms with Crippen molar-refractivity contribution in [3.63, 3.8) is 0 Å². The number of nitrogens with zero attached hydrogens (tertiary/aromatic N) is 3. The molecule has 0 saturated carbocycles. The van der Waals surface area contributed by atoms with Gasteiger partial charge in [0.2, 0.25) is 0 Å². The number of furan rings is 1. The van der Waals surface area contributed by atoms with Crippen molar-refractivity contribution < 1.29 is 4.42 Å². The fraction of sp³-hybridized carbons (Fsp3) is 0. The van der Waals surface area contributed by atoms with Crippen molar-refractivity contribution in [2.24, 2.45) is 0 Å². The Morgan fingerprint density at radius 3 is 1.89 bits per heavy atom. The molecule has 0 aliphatic heterocycles. The normalized spacial score (nSPS) is 11.9. The summed E-state index contributed by atoms with van der Waals surface area (Å²) >= 11 is 0. The molecular formula is C42H25N3O. The first-order chi connectivity index (χ1) is 22.8. The number of benzene rings is 7. The van der Waals surface area contributed by atoms with Crippen LogP contribution in [0.3, 0.4) is 0 Å². The minimum absolute atomic E-state index is 0.688. The quantitative estimate of drug-likeness (QED) is 0.207. The van der Waals surface area contributed by atoms with Crippen LogP contribution in [0.2, 0.25) is 0 Å². The van der Waals surface area contributed by atoms with E-state index >= 15 is 0 Å². The van der Waals surface area contributed by atoms with Gasteiger partial charge in [-0.15, -0.1) is 0 Å². The summed E-state index contributed by atoms with van der Waals surface area (Å²) in [6.45, 7) is 0. The molecule has 0 unspecified atom stereocenters. The summed E-state index contributed by atoms with van der Waals surface area (Å²) in [6, 6.07) is 50.8. The number of hydrogen-bond donors (Lipinski definition) is 0. The Morgan fingerprint density at radius 2 is 1.11 bits per heavy atom. The predicted molar refractivity (Wildman–Crippen MR) is 190 cm³/mol. The van der Waals surface area contributed by atoms with Crippen LogP contribution in [0.15, 0.2) is 156 Å². The van der Waals surface area contributed by atoms with E-state index in [1.807, 2.05) is 36.5 Å². The van der Waals surface area contributed by atoms with E-state index in [-0.39, 0.29) is 0 Å². The lowest BCUT2D eigenvalue weighted by molar-refractivity contribution is 0.671. The maximum absolute atomic E-state index is 6.85. The first kappa shape index (κ1) is 25.1. The molecule has 214 valence electrons. The maximum atomic E-state index is 6.85. The van der Waals surface area contributed by atoms with Crippen LogP contribution in [0.5, 0.6) is 0 Å². The van der Waals surface area contributed by atoms with E-state index in [0.717, 1.165) is 66.3 Å². The lowest BCUT2D eigenvalue weighted by atomic mass is 9.98. The Bertz CT molecular complexity index is 2790. The van der Waals surface area contributed by atoms with Crippen LogP contribution in [0.1, 0.15) is 0 Å². The van der Waals surface area contributed by atoms with Crippen molar-refractivity contribution >= 4 is 65.3 Å². The van der Waals surface area contributed by atoms with E-state index in [2.05, 4.69) is 120 Å². The topological polar surface area (TPSA) is 43.9 Å². The van der Waals surface area contributed by atoms with Crippen molar-refractivity contribution in [2.75, 3.05) is 0 Å². The molecule has 3 heterocycles. The third kappa shape index (κ3) is 3.49. The van der Waals surface area contributed by atoms with Gasteiger partial charge in [0, 0.05) is 38.1 Å². The molecule has 10 rings (SSSR count). The van der Waals surface area contributed by atoms with Gasteiger partial charge < -0.3 is 8.98 Å². The molecule has 3 aromatic heterocycles. The molecule has 0 spiro atoms. The molecule has 7 aromatic carbocycles. The van der Waals surface area contributed by atoms with Gasteiger partial charge in [-0.05, 0) is 22.2 Å². The summed E-state index contributed by atoms with van der Waals surface area (Å²) < 4.78 is 9.22. The molecular weight excluding hydrogens is 562 g/mol. The second-order valence-corrected chi connectivity index (χ2v) is 11.7. The lowest BCUT2D eigenvalue weighted by Crippen LogP contribution is -2.03. The molecule has 0 saturated heterocycles. The molecule has 0 bridgehead atoms. The van der Waals surface area contributed by atoms with Crippen LogP contribution in [0.4, 0.5) is 0 Å². The minimum atomic E-state index is 0.688. The molecule has 0 N–H and O–H groups in total. The fourth-order valence-corrected chi connectivity index (χ4v) is 7.25. The molecule has 4 heteroatoms. The van der Waals surface area contributed by atoms with E-state index in [0.29, 0.717) is 5.82 Å². The zero-order valence-corrected chi connectivity index (χ0v) is 24.7. The highest BCUT2D eigenvalue weighted by atomic mass is 16.3. The first-order valence-corrected chi connectivity index (χ1v) is 15.5. The minimum Gasteiger partial charge on any atom is -0.454 e. The molecule has 0 atom stereocenters. The first-order valence-electron chi connectivity index (χ1n) is 15.5. The van der Waals surface area contributed by atoms with Crippen LogP contribution in [-0.4, -0.2) is 14.5 Å². The van der Waals surface area contributed by atoms with Crippen LogP contribution in [0.25, 0.3) is 93.6 Å². The van der Waals surface area contributed by atoms with E-state index < -0.39 is 0 Å². The van der Waals surface area contributed by atoms with Gasteiger partial charge in [-0.25, -0.2) is 9.97 Å². The highest BCUT2D eigenvalue weighted by Gasteiger charge is 2.26. The predicted octanol–water partition coefficient (Wildman–Crippen LogP) is 11.1. The van der Waals surface area contributed by atoms with Gasteiger partial charge in [0.25, 0.3) is 0 Å².